The number of nitrogens with zero attached hydrogens (tertiary/aromatic N) is 1. The number of hydrogen-bond donors (Lipinski definition) is 0. The highest BCUT2D eigenvalue weighted by atomic mass is 79.9. The zero-order chi connectivity index (χ0) is 11.2. The maximum Gasteiger partial charge on any atom is 0.150 e. The van der Waals surface area contributed by atoms with Crippen molar-refractivity contribution in [2.45, 2.75) is 12.8 Å². The van der Waals surface area contributed by atoms with Crippen LogP contribution < -0.4 is 0 Å². The molecule has 1 aromatic carbocycles. The number of carbonyl (C=O) groups is 1. The van der Waals surface area contributed by atoms with Gasteiger partial charge in [0.25, 0.3) is 0 Å². The van der Waals surface area contributed by atoms with Gasteiger partial charge in [0.2, 0.25) is 0 Å². The Labute approximate surface area is 111 Å². The van der Waals surface area contributed by atoms with Gasteiger partial charge in [-0.2, -0.15) is 0 Å². The minimum atomic E-state index is 0. The minimum Gasteiger partial charge on any atom is -0.298 e. The summed E-state index contributed by atoms with van der Waals surface area (Å²) < 4.78 is 0. The van der Waals surface area contributed by atoms with Crippen molar-refractivity contribution >= 4 is 23.3 Å². The van der Waals surface area contributed by atoms with Crippen LogP contribution in [-0.2, 0) is 12.8 Å². The first kappa shape index (κ1) is 13.6. The molecule has 3 heteroatoms. The number of carbonyl (C=O) groups excluding carboxylic acids is 1. The second-order valence-corrected chi connectivity index (χ2v) is 3.67. The number of aldehydes is 1. The van der Waals surface area contributed by atoms with Crippen LogP contribution >= 0.6 is 17.0 Å². The van der Waals surface area contributed by atoms with E-state index in [-0.39, 0.29) is 17.0 Å². The van der Waals surface area contributed by atoms with Gasteiger partial charge in [0.1, 0.15) is 6.29 Å². The molecule has 0 saturated carbocycles. The number of hydrogen-bond acceptors (Lipinski definition) is 2. The van der Waals surface area contributed by atoms with E-state index in [2.05, 4.69) is 4.98 Å². The Morgan fingerprint density at radius 3 is 2.41 bits per heavy atom. The van der Waals surface area contributed by atoms with Crippen LogP contribution in [0.15, 0.2) is 48.8 Å². The van der Waals surface area contributed by atoms with E-state index in [0.29, 0.717) is 0 Å². The molecular formula is C14H14BrNO. The summed E-state index contributed by atoms with van der Waals surface area (Å²) in [6.07, 6.45) is 6.33. The molecule has 0 atom stereocenters. The predicted octanol–water partition coefficient (Wildman–Crippen LogP) is 3.26. The molecule has 17 heavy (non-hydrogen) atoms. The monoisotopic (exact) mass is 291 g/mol. The average molecular weight is 292 g/mol. The smallest absolute Gasteiger partial charge is 0.150 e. The van der Waals surface area contributed by atoms with Crippen molar-refractivity contribution in [2.75, 3.05) is 0 Å². The lowest BCUT2D eigenvalue weighted by atomic mass is 10.0. The van der Waals surface area contributed by atoms with Gasteiger partial charge in [-0.05, 0) is 36.1 Å². The fraction of sp³-hybridized carbons (Fsp3) is 0.143. The maximum atomic E-state index is 10.8. The molecule has 1 heterocycles. The molecule has 2 nitrogen and oxygen atoms in total. The SMILES string of the molecule is Br.O=Cc1ccccc1CCc1ccncc1. The van der Waals surface area contributed by atoms with Crippen molar-refractivity contribution in [3.8, 4) is 0 Å². The molecule has 0 aliphatic carbocycles. The van der Waals surface area contributed by atoms with Crippen LogP contribution in [0.4, 0.5) is 0 Å². The largest absolute Gasteiger partial charge is 0.298 e. The Balaban J connectivity index is 0.00000144. The van der Waals surface area contributed by atoms with E-state index in [4.69, 9.17) is 0 Å². The molecule has 0 aliphatic heterocycles. The van der Waals surface area contributed by atoms with Crippen LogP contribution in [0.2, 0.25) is 0 Å². The minimum absolute atomic E-state index is 0. The van der Waals surface area contributed by atoms with Crippen LogP contribution in [-0.4, -0.2) is 11.3 Å². The molecule has 0 spiro atoms. The van der Waals surface area contributed by atoms with Gasteiger partial charge in [0, 0.05) is 18.0 Å². The number of halogens is 1. The molecule has 0 bridgehead atoms. The number of aryl methyl sites for hydroxylation is 2. The normalized spacial score (nSPS) is 9.41. The molecule has 0 aliphatic rings. The summed E-state index contributed by atoms with van der Waals surface area (Å²) in [6.45, 7) is 0. The summed E-state index contributed by atoms with van der Waals surface area (Å²) in [4.78, 5) is 14.8. The number of pyridine rings is 1. The molecule has 0 fully saturated rings. The van der Waals surface area contributed by atoms with Crippen molar-refractivity contribution in [3.63, 3.8) is 0 Å². The standard InChI is InChI=1S/C14H13NO.BrH/c16-11-14-4-2-1-3-13(14)6-5-12-7-9-15-10-8-12;/h1-4,7-11H,5-6H2;1H. The lowest BCUT2D eigenvalue weighted by Crippen LogP contribution is -1.96. The Kier molecular flexibility index (Phi) is 5.57. The first-order chi connectivity index (χ1) is 7.90. The molecule has 0 radical (unpaired) electrons. The summed E-state index contributed by atoms with van der Waals surface area (Å²) in [5.41, 5.74) is 3.14. The molecule has 88 valence electrons. The molecule has 1 aromatic heterocycles. The third kappa shape index (κ3) is 3.79. The topological polar surface area (TPSA) is 30.0 Å². The summed E-state index contributed by atoms with van der Waals surface area (Å²) >= 11 is 0. The second kappa shape index (κ2) is 6.97. The van der Waals surface area contributed by atoms with Crippen LogP contribution in [0, 0.1) is 0 Å². The molecule has 0 unspecified atom stereocenters. The third-order valence-corrected chi connectivity index (χ3v) is 2.61. The lowest BCUT2D eigenvalue weighted by Gasteiger charge is -2.04. The number of rotatable bonds is 4. The fourth-order valence-electron chi connectivity index (χ4n) is 1.71. The zero-order valence-electron chi connectivity index (χ0n) is 9.37. The highest BCUT2D eigenvalue weighted by Gasteiger charge is 2.00. The van der Waals surface area contributed by atoms with Crippen molar-refractivity contribution in [3.05, 3.63) is 65.5 Å². The number of benzene rings is 1. The van der Waals surface area contributed by atoms with E-state index in [9.17, 15) is 4.79 Å². The van der Waals surface area contributed by atoms with Gasteiger partial charge in [-0.3, -0.25) is 9.78 Å². The highest BCUT2D eigenvalue weighted by Crippen LogP contribution is 2.10. The molecular weight excluding hydrogens is 278 g/mol. The van der Waals surface area contributed by atoms with Gasteiger partial charge in [0.15, 0.2) is 0 Å². The zero-order valence-corrected chi connectivity index (χ0v) is 11.1. The van der Waals surface area contributed by atoms with Crippen LogP contribution in [0.1, 0.15) is 21.5 Å². The average Bonchev–Trinajstić information content (AvgIpc) is 2.38. The van der Waals surface area contributed by atoms with Gasteiger partial charge in [-0.15, -0.1) is 17.0 Å². The van der Waals surface area contributed by atoms with Crippen molar-refractivity contribution < 1.29 is 4.79 Å². The molecule has 0 saturated heterocycles. The number of aromatic nitrogens is 1. The molecule has 2 aromatic rings. The van der Waals surface area contributed by atoms with E-state index < -0.39 is 0 Å². The molecule has 0 N–H and O–H groups in total. The van der Waals surface area contributed by atoms with E-state index in [0.717, 1.165) is 30.3 Å². The van der Waals surface area contributed by atoms with Gasteiger partial charge in [0.05, 0.1) is 0 Å². The van der Waals surface area contributed by atoms with Crippen molar-refractivity contribution in [1.29, 1.82) is 0 Å². The van der Waals surface area contributed by atoms with Gasteiger partial charge < -0.3 is 0 Å². The first-order valence-electron chi connectivity index (χ1n) is 5.32. The molecule has 0 amide bonds. The lowest BCUT2D eigenvalue weighted by molar-refractivity contribution is 0.112. The summed E-state index contributed by atoms with van der Waals surface area (Å²) in [5, 5.41) is 0. The summed E-state index contributed by atoms with van der Waals surface area (Å²) in [6, 6.07) is 11.7. The maximum absolute atomic E-state index is 10.8. The second-order valence-electron chi connectivity index (χ2n) is 3.67. The van der Waals surface area contributed by atoms with Crippen molar-refractivity contribution in [2.24, 2.45) is 0 Å². The Hall–Kier alpha value is -1.48. The first-order valence-corrected chi connectivity index (χ1v) is 5.32. The predicted molar refractivity (Wildman–Crippen MR) is 73.8 cm³/mol. The van der Waals surface area contributed by atoms with Crippen LogP contribution in [0.5, 0.6) is 0 Å². The molecule has 2 rings (SSSR count). The van der Waals surface area contributed by atoms with Gasteiger partial charge >= 0.3 is 0 Å². The van der Waals surface area contributed by atoms with E-state index in [1.807, 2.05) is 36.4 Å². The quantitative estimate of drug-likeness (QED) is 0.810. The van der Waals surface area contributed by atoms with E-state index in [1.54, 1.807) is 12.4 Å². The Bertz CT molecular complexity index is 471. The third-order valence-electron chi connectivity index (χ3n) is 2.61. The Morgan fingerprint density at radius 1 is 1.00 bits per heavy atom. The summed E-state index contributed by atoms with van der Waals surface area (Å²) in [5.74, 6) is 0. The van der Waals surface area contributed by atoms with Gasteiger partial charge in [-0.1, -0.05) is 24.3 Å². The fourth-order valence-corrected chi connectivity index (χ4v) is 1.71. The van der Waals surface area contributed by atoms with Crippen molar-refractivity contribution in [1.82, 2.24) is 4.98 Å². The van der Waals surface area contributed by atoms with E-state index in [1.165, 1.54) is 5.56 Å². The summed E-state index contributed by atoms with van der Waals surface area (Å²) in [7, 11) is 0. The van der Waals surface area contributed by atoms with Crippen LogP contribution in [0.3, 0.4) is 0 Å². The Morgan fingerprint density at radius 2 is 1.71 bits per heavy atom. The van der Waals surface area contributed by atoms with E-state index >= 15 is 0 Å². The van der Waals surface area contributed by atoms with Gasteiger partial charge in [-0.25, -0.2) is 0 Å². The van der Waals surface area contributed by atoms with Crippen LogP contribution in [0.25, 0.3) is 0 Å². The highest BCUT2D eigenvalue weighted by molar-refractivity contribution is 8.93.